The predicted octanol–water partition coefficient (Wildman–Crippen LogP) is -1.47. The number of carbonyl (C=O) groups is 2. The van der Waals surface area contributed by atoms with E-state index in [4.69, 9.17) is 6.52 Å². The topological polar surface area (TPSA) is 78.4 Å². The van der Waals surface area contributed by atoms with E-state index in [1.807, 2.05) is 0 Å². The van der Waals surface area contributed by atoms with E-state index in [1.165, 1.54) is 0 Å². The Morgan fingerprint density at radius 3 is 2.44 bits per heavy atom. The molecule has 1 saturated heterocycles. The van der Waals surface area contributed by atoms with Crippen molar-refractivity contribution in [1.29, 1.82) is 0 Å². The van der Waals surface area contributed by atoms with Gasteiger partial charge < -0.3 is 10.4 Å². The van der Waals surface area contributed by atoms with Gasteiger partial charge in [-0.2, -0.15) is 0 Å². The Hall–Kier alpha value is -1.10. The van der Waals surface area contributed by atoms with Crippen LogP contribution in [0.1, 0.15) is 6.92 Å². The lowest BCUT2D eigenvalue weighted by Crippen LogP contribution is -2.43. The van der Waals surface area contributed by atoms with E-state index in [1.54, 1.807) is 5.32 Å². The van der Waals surface area contributed by atoms with Crippen molar-refractivity contribution in [1.82, 2.24) is 10.6 Å². The standard InChI is InChI=1S/C4H6N2O3/c1-4(9)2(7)5-3(8)6-4/h9H,1H3,(H2,5,6,7,8)/i/hD. The molecule has 0 aromatic heterocycles. The second-order valence-electron chi connectivity index (χ2n) is 1.89. The molecule has 0 spiro atoms. The van der Waals surface area contributed by atoms with Crippen molar-refractivity contribution in [3.8, 4) is 0 Å². The van der Waals surface area contributed by atoms with Crippen LogP contribution >= 0.6 is 0 Å². The van der Waals surface area contributed by atoms with Gasteiger partial charge in [0, 0.05) is 0 Å². The van der Waals surface area contributed by atoms with Gasteiger partial charge in [0.15, 0.2) is 1.41 Å². The monoisotopic (exact) mass is 131 g/mol. The Morgan fingerprint density at radius 1 is 1.78 bits per heavy atom. The molecule has 1 heterocycles. The Labute approximate surface area is 52.5 Å². The first kappa shape index (κ1) is 4.75. The molecule has 1 rings (SSSR count). The Kier molecular flexibility index (Phi) is 0.762. The van der Waals surface area contributed by atoms with Crippen molar-refractivity contribution in [3.63, 3.8) is 0 Å². The normalized spacial score (nSPS) is 36.7. The predicted molar refractivity (Wildman–Crippen MR) is 27.3 cm³/mol. The molecular weight excluding hydrogens is 124 g/mol. The van der Waals surface area contributed by atoms with Crippen LogP contribution in [0.5, 0.6) is 0 Å². The number of urea groups is 1. The van der Waals surface area contributed by atoms with E-state index < -0.39 is 17.7 Å². The maximum Gasteiger partial charge on any atom is 0.324 e. The maximum atomic E-state index is 10.6. The fraction of sp³-hybridized carbons (Fsp3) is 0.500. The molecule has 1 atom stereocenters. The van der Waals surface area contributed by atoms with Gasteiger partial charge in [0.2, 0.25) is 5.72 Å². The van der Waals surface area contributed by atoms with Crippen LogP contribution in [0.25, 0.3) is 0 Å². The molecule has 0 aromatic rings. The molecule has 0 bridgehead atoms. The van der Waals surface area contributed by atoms with Crippen molar-refractivity contribution >= 4 is 11.9 Å². The van der Waals surface area contributed by atoms with Gasteiger partial charge in [0.1, 0.15) is 0 Å². The quantitative estimate of drug-likeness (QED) is 0.351. The SMILES string of the molecule is [2H]N1C(=O)NC(=O)C1(C)O. The molecule has 0 aliphatic carbocycles. The van der Waals surface area contributed by atoms with Crippen molar-refractivity contribution in [2.75, 3.05) is 0 Å². The Morgan fingerprint density at radius 2 is 2.33 bits per heavy atom. The van der Waals surface area contributed by atoms with Gasteiger partial charge in [-0.15, -0.1) is 0 Å². The van der Waals surface area contributed by atoms with Crippen LogP contribution in [-0.4, -0.2) is 22.8 Å². The van der Waals surface area contributed by atoms with Crippen LogP contribution in [-0.2, 0) is 4.79 Å². The molecule has 1 aliphatic heterocycles. The van der Waals surface area contributed by atoms with Gasteiger partial charge in [-0.25, -0.2) is 4.79 Å². The molecular formula is C4H6N2O3. The van der Waals surface area contributed by atoms with E-state index >= 15 is 0 Å². The average Bonchev–Trinajstić information content (AvgIpc) is 1.97. The van der Waals surface area contributed by atoms with E-state index in [0.717, 1.165) is 6.92 Å². The summed E-state index contributed by atoms with van der Waals surface area (Å²) in [7, 11) is 0. The summed E-state index contributed by atoms with van der Waals surface area (Å²) in [5.41, 5.74) is -2.02. The summed E-state index contributed by atoms with van der Waals surface area (Å²) in [6.07, 6.45) is 0. The van der Waals surface area contributed by atoms with Crippen molar-refractivity contribution in [2.24, 2.45) is 0 Å². The van der Waals surface area contributed by atoms with Gasteiger partial charge in [0.05, 0.1) is 0 Å². The lowest BCUT2D eigenvalue weighted by Gasteiger charge is -2.09. The minimum atomic E-state index is -2.02. The molecule has 9 heavy (non-hydrogen) atoms. The van der Waals surface area contributed by atoms with E-state index in [-0.39, 0.29) is 5.31 Å². The zero-order valence-electron chi connectivity index (χ0n) is 5.71. The van der Waals surface area contributed by atoms with Crippen LogP contribution in [0.3, 0.4) is 0 Å². The van der Waals surface area contributed by atoms with E-state index in [9.17, 15) is 9.59 Å². The lowest BCUT2D eigenvalue weighted by molar-refractivity contribution is -0.134. The third kappa shape index (κ3) is 0.857. The van der Waals surface area contributed by atoms with Gasteiger partial charge >= 0.3 is 6.03 Å². The zero-order chi connectivity index (χ0) is 7.94. The summed E-state index contributed by atoms with van der Waals surface area (Å²) in [4.78, 5) is 21.0. The van der Waals surface area contributed by atoms with Gasteiger partial charge in [0.25, 0.3) is 5.91 Å². The highest BCUT2D eigenvalue weighted by Gasteiger charge is 2.39. The highest BCUT2D eigenvalue weighted by Crippen LogP contribution is 2.02. The van der Waals surface area contributed by atoms with Crippen LogP contribution in [0.15, 0.2) is 0 Å². The molecule has 0 aromatic carbocycles. The minimum absolute atomic E-state index is 0.190. The number of amides is 3. The Balaban J connectivity index is 2.96. The van der Waals surface area contributed by atoms with Gasteiger partial charge in [-0.3, -0.25) is 10.1 Å². The first-order chi connectivity index (χ1) is 4.46. The zero-order valence-corrected chi connectivity index (χ0v) is 4.71. The van der Waals surface area contributed by atoms with Crippen molar-refractivity contribution < 1.29 is 16.1 Å². The summed E-state index contributed by atoms with van der Waals surface area (Å²) in [5, 5.41) is 11.0. The van der Waals surface area contributed by atoms with E-state index in [0.29, 0.717) is 0 Å². The highest BCUT2D eigenvalue weighted by atomic mass is 16.3. The Bertz CT molecular complexity index is 203. The summed E-state index contributed by atoms with van der Waals surface area (Å²) < 4.78 is 6.82. The number of carbonyl (C=O) groups excluding carboxylic acids is 2. The third-order valence-electron chi connectivity index (χ3n) is 0.970. The van der Waals surface area contributed by atoms with Crippen molar-refractivity contribution in [2.45, 2.75) is 12.6 Å². The smallest absolute Gasteiger partial charge is 0.324 e. The van der Waals surface area contributed by atoms with Gasteiger partial charge in [-0.05, 0) is 6.92 Å². The molecule has 0 saturated carbocycles. The number of rotatable bonds is 0. The number of imide groups is 1. The van der Waals surface area contributed by atoms with E-state index in [2.05, 4.69) is 0 Å². The fourth-order valence-corrected chi connectivity index (χ4v) is 0.492. The second kappa shape index (κ2) is 1.44. The molecule has 1 unspecified atom stereocenters. The van der Waals surface area contributed by atoms with Crippen LogP contribution in [0, 0.1) is 0 Å². The average molecular weight is 131 g/mol. The summed E-state index contributed by atoms with van der Waals surface area (Å²) in [5.74, 6) is -0.868. The summed E-state index contributed by atoms with van der Waals surface area (Å²) in [6.45, 7) is 1.07. The van der Waals surface area contributed by atoms with Crippen molar-refractivity contribution in [3.05, 3.63) is 0 Å². The number of hydrogen-bond acceptors (Lipinski definition) is 3. The van der Waals surface area contributed by atoms with Gasteiger partial charge in [-0.1, -0.05) is 0 Å². The first-order valence-electron chi connectivity index (χ1n) is 2.78. The fourth-order valence-electron chi connectivity index (χ4n) is 0.492. The largest absolute Gasteiger partial charge is 0.363 e. The molecule has 1 aliphatic rings. The molecule has 0 radical (unpaired) electrons. The number of aliphatic hydroxyl groups is 1. The summed E-state index contributed by atoms with van der Waals surface area (Å²) in [6, 6.07) is -0.907. The molecule has 5 nitrogen and oxygen atoms in total. The molecule has 50 valence electrons. The second-order valence-corrected chi connectivity index (χ2v) is 1.89. The molecule has 3 N–H and O–H groups in total. The van der Waals surface area contributed by atoms with Crippen LogP contribution in [0.2, 0.25) is 1.41 Å². The summed E-state index contributed by atoms with van der Waals surface area (Å²) >= 11 is 0. The number of hydrogen-bond donors (Lipinski definition) is 3. The first-order valence-corrected chi connectivity index (χ1v) is 2.33. The molecule has 3 amide bonds. The highest BCUT2D eigenvalue weighted by molar-refractivity contribution is 6.05. The van der Waals surface area contributed by atoms with Crippen LogP contribution in [0.4, 0.5) is 4.79 Å². The molecule has 1 fully saturated rings. The minimum Gasteiger partial charge on any atom is -0.363 e. The lowest BCUT2D eigenvalue weighted by atomic mass is 10.3. The maximum absolute atomic E-state index is 10.6. The third-order valence-corrected chi connectivity index (χ3v) is 0.970. The van der Waals surface area contributed by atoms with Crippen LogP contribution < -0.4 is 10.6 Å². The molecule has 5 heteroatoms. The number of nitrogens with one attached hydrogen (secondary N) is 2.